The van der Waals surface area contributed by atoms with Crippen molar-refractivity contribution >= 4 is 10.0 Å². The number of benzene rings is 1. The van der Waals surface area contributed by atoms with Gasteiger partial charge in [-0.2, -0.15) is 5.10 Å². The molecule has 1 aromatic heterocycles. The lowest BCUT2D eigenvalue weighted by atomic mass is 10.1. The highest BCUT2D eigenvalue weighted by Crippen LogP contribution is 2.08. The van der Waals surface area contributed by atoms with Crippen LogP contribution in [0.25, 0.3) is 0 Å². The van der Waals surface area contributed by atoms with Gasteiger partial charge in [0, 0.05) is 12.2 Å². The van der Waals surface area contributed by atoms with Crippen LogP contribution >= 0.6 is 0 Å². The van der Waals surface area contributed by atoms with Gasteiger partial charge in [-0.1, -0.05) is 30.3 Å². The van der Waals surface area contributed by atoms with Crippen LogP contribution < -0.4 is 4.72 Å². The molecule has 0 saturated carbocycles. The first-order valence-corrected chi connectivity index (χ1v) is 7.26. The van der Waals surface area contributed by atoms with Crippen LogP contribution in [0, 0.1) is 0 Å². The molecule has 1 atom stereocenters. The highest BCUT2D eigenvalue weighted by Gasteiger charge is 2.20. The van der Waals surface area contributed by atoms with E-state index in [9.17, 15) is 13.5 Å². The number of nitrogens with zero attached hydrogens (tertiary/aromatic N) is 1. The van der Waals surface area contributed by atoms with Crippen molar-refractivity contribution in [1.29, 1.82) is 0 Å². The molecule has 0 aliphatic rings. The van der Waals surface area contributed by atoms with Crippen LogP contribution in [0.5, 0.6) is 0 Å². The Labute approximate surface area is 111 Å². The van der Waals surface area contributed by atoms with Gasteiger partial charge in [0.05, 0.1) is 12.8 Å². The summed E-state index contributed by atoms with van der Waals surface area (Å²) < 4.78 is 26.4. The fourth-order valence-electron chi connectivity index (χ4n) is 1.72. The summed E-state index contributed by atoms with van der Waals surface area (Å²) in [6.07, 6.45) is 2.94. The van der Waals surface area contributed by atoms with Crippen molar-refractivity contribution in [2.45, 2.75) is 17.4 Å². The van der Waals surface area contributed by atoms with Gasteiger partial charge in [-0.05, 0) is 12.0 Å². The molecule has 0 fully saturated rings. The number of H-pyrrole nitrogens is 1. The number of aliphatic hydroxyl groups excluding tert-OH is 1. The standard InChI is InChI=1S/C12H15N3O3S/c16-9-11(6-10-4-2-1-3-5-10)15-19(17,18)12-7-13-14-8-12/h1-5,7-8,11,15-16H,6,9H2,(H,13,14)/t11-/m0/s1. The molecule has 0 aliphatic carbocycles. The predicted molar refractivity (Wildman–Crippen MR) is 69.9 cm³/mol. The van der Waals surface area contributed by atoms with E-state index in [4.69, 9.17) is 0 Å². The molecule has 0 radical (unpaired) electrons. The van der Waals surface area contributed by atoms with Gasteiger partial charge in [-0.15, -0.1) is 0 Å². The lowest BCUT2D eigenvalue weighted by Crippen LogP contribution is -2.38. The molecule has 7 heteroatoms. The maximum absolute atomic E-state index is 12.0. The molecule has 0 aliphatic heterocycles. The summed E-state index contributed by atoms with van der Waals surface area (Å²) >= 11 is 0. The maximum atomic E-state index is 12.0. The maximum Gasteiger partial charge on any atom is 0.244 e. The summed E-state index contributed by atoms with van der Waals surface area (Å²) in [6, 6.07) is 8.82. The van der Waals surface area contributed by atoms with E-state index in [1.165, 1.54) is 12.4 Å². The fraction of sp³-hybridized carbons (Fsp3) is 0.250. The van der Waals surface area contributed by atoms with Crippen molar-refractivity contribution in [3.05, 3.63) is 48.3 Å². The van der Waals surface area contributed by atoms with E-state index >= 15 is 0 Å². The number of hydrogen-bond donors (Lipinski definition) is 3. The number of aliphatic hydroxyl groups is 1. The Kier molecular flexibility index (Phi) is 4.31. The summed E-state index contributed by atoms with van der Waals surface area (Å²) in [4.78, 5) is 0.0546. The zero-order valence-corrected chi connectivity index (χ0v) is 11.0. The predicted octanol–water partition coefficient (Wildman–Crippen LogP) is 0.292. The van der Waals surface area contributed by atoms with Gasteiger partial charge in [0.15, 0.2) is 0 Å². The number of aromatic nitrogens is 2. The highest BCUT2D eigenvalue weighted by atomic mass is 32.2. The molecule has 102 valence electrons. The number of aromatic amines is 1. The van der Waals surface area contributed by atoms with E-state index in [1.54, 1.807) is 0 Å². The Morgan fingerprint density at radius 1 is 1.32 bits per heavy atom. The van der Waals surface area contributed by atoms with Gasteiger partial charge in [0.1, 0.15) is 4.90 Å². The largest absolute Gasteiger partial charge is 0.395 e. The van der Waals surface area contributed by atoms with E-state index in [0.717, 1.165) is 5.56 Å². The van der Waals surface area contributed by atoms with E-state index in [-0.39, 0.29) is 11.5 Å². The van der Waals surface area contributed by atoms with Crippen molar-refractivity contribution < 1.29 is 13.5 Å². The van der Waals surface area contributed by atoms with E-state index in [0.29, 0.717) is 6.42 Å². The van der Waals surface area contributed by atoms with Crippen LogP contribution in [0.4, 0.5) is 0 Å². The second kappa shape index (κ2) is 5.96. The highest BCUT2D eigenvalue weighted by molar-refractivity contribution is 7.89. The van der Waals surface area contributed by atoms with Crippen molar-refractivity contribution in [2.24, 2.45) is 0 Å². The van der Waals surface area contributed by atoms with E-state index < -0.39 is 16.1 Å². The molecule has 1 aromatic carbocycles. The average Bonchev–Trinajstić information content (AvgIpc) is 2.93. The zero-order valence-electron chi connectivity index (χ0n) is 10.2. The molecular formula is C12H15N3O3S. The number of rotatable bonds is 6. The minimum absolute atomic E-state index is 0.0546. The molecular weight excluding hydrogens is 266 g/mol. The van der Waals surface area contributed by atoms with Crippen molar-refractivity contribution in [2.75, 3.05) is 6.61 Å². The Morgan fingerprint density at radius 3 is 2.63 bits per heavy atom. The minimum atomic E-state index is -3.65. The third kappa shape index (κ3) is 3.63. The molecule has 0 amide bonds. The first-order chi connectivity index (χ1) is 9.12. The van der Waals surface area contributed by atoms with Crippen LogP contribution in [-0.4, -0.2) is 36.4 Å². The molecule has 2 rings (SSSR count). The third-order valence-corrected chi connectivity index (χ3v) is 4.14. The van der Waals surface area contributed by atoms with Crippen LogP contribution in [0.15, 0.2) is 47.6 Å². The van der Waals surface area contributed by atoms with Crippen molar-refractivity contribution in [1.82, 2.24) is 14.9 Å². The Balaban J connectivity index is 2.08. The van der Waals surface area contributed by atoms with Gasteiger partial charge >= 0.3 is 0 Å². The molecule has 2 aromatic rings. The lowest BCUT2D eigenvalue weighted by Gasteiger charge is -2.15. The first-order valence-electron chi connectivity index (χ1n) is 5.78. The first kappa shape index (κ1) is 13.7. The summed E-state index contributed by atoms with van der Waals surface area (Å²) in [6.45, 7) is -0.272. The summed E-state index contributed by atoms with van der Waals surface area (Å²) in [5, 5.41) is 15.3. The van der Waals surface area contributed by atoms with Crippen molar-refractivity contribution in [3.8, 4) is 0 Å². The summed E-state index contributed by atoms with van der Waals surface area (Å²) in [7, 11) is -3.65. The summed E-state index contributed by atoms with van der Waals surface area (Å²) in [5.74, 6) is 0. The number of hydrogen-bond acceptors (Lipinski definition) is 4. The van der Waals surface area contributed by atoms with Gasteiger partial charge in [-0.3, -0.25) is 5.10 Å². The van der Waals surface area contributed by atoms with E-state index in [1.807, 2.05) is 30.3 Å². The monoisotopic (exact) mass is 281 g/mol. The van der Waals surface area contributed by atoms with Gasteiger partial charge < -0.3 is 5.11 Å². The molecule has 3 N–H and O–H groups in total. The lowest BCUT2D eigenvalue weighted by molar-refractivity contribution is 0.256. The van der Waals surface area contributed by atoms with Crippen LogP contribution in [0.2, 0.25) is 0 Å². The molecule has 0 unspecified atom stereocenters. The minimum Gasteiger partial charge on any atom is -0.395 e. The quantitative estimate of drug-likeness (QED) is 0.709. The number of nitrogens with one attached hydrogen (secondary N) is 2. The summed E-state index contributed by atoms with van der Waals surface area (Å²) in [5.41, 5.74) is 0.955. The molecule has 19 heavy (non-hydrogen) atoms. The molecule has 1 heterocycles. The van der Waals surface area contributed by atoms with Crippen LogP contribution in [-0.2, 0) is 16.4 Å². The van der Waals surface area contributed by atoms with Gasteiger partial charge in [-0.25, -0.2) is 13.1 Å². The Morgan fingerprint density at radius 2 is 2.05 bits per heavy atom. The SMILES string of the molecule is O=S(=O)(N[C@H](CO)Cc1ccccc1)c1cn[nH]c1. The van der Waals surface area contributed by atoms with Crippen molar-refractivity contribution in [3.63, 3.8) is 0 Å². The Hall–Kier alpha value is -1.70. The zero-order chi connectivity index (χ0) is 13.7. The normalized spacial score (nSPS) is 13.3. The molecule has 0 saturated heterocycles. The average molecular weight is 281 g/mol. The van der Waals surface area contributed by atoms with E-state index in [2.05, 4.69) is 14.9 Å². The smallest absolute Gasteiger partial charge is 0.244 e. The third-order valence-electron chi connectivity index (χ3n) is 2.65. The second-order valence-electron chi connectivity index (χ2n) is 4.12. The Bertz CT molecular complexity index is 596. The molecule has 6 nitrogen and oxygen atoms in total. The van der Waals surface area contributed by atoms with Crippen LogP contribution in [0.1, 0.15) is 5.56 Å². The van der Waals surface area contributed by atoms with Gasteiger partial charge in [0.25, 0.3) is 0 Å². The topological polar surface area (TPSA) is 95.1 Å². The van der Waals surface area contributed by atoms with Gasteiger partial charge in [0.2, 0.25) is 10.0 Å². The molecule has 0 bridgehead atoms. The fourth-order valence-corrected chi connectivity index (χ4v) is 2.85. The second-order valence-corrected chi connectivity index (χ2v) is 5.84. The van der Waals surface area contributed by atoms with Crippen LogP contribution in [0.3, 0.4) is 0 Å². The molecule has 0 spiro atoms. The number of sulfonamides is 1.